The third-order valence-electron chi connectivity index (χ3n) is 2.95. The van der Waals surface area contributed by atoms with Gasteiger partial charge in [-0.15, -0.1) is 5.10 Å². The Morgan fingerprint density at radius 3 is 3.11 bits per heavy atom. The van der Waals surface area contributed by atoms with Gasteiger partial charge in [-0.25, -0.2) is 10.1 Å². The molecule has 0 unspecified atom stereocenters. The number of para-hydroxylation sites is 1. The molecule has 0 saturated heterocycles. The van der Waals surface area contributed by atoms with E-state index < -0.39 is 0 Å². The Labute approximate surface area is 116 Å². The number of furan rings is 1. The number of nitrogens with one attached hydrogen (secondary N) is 1. The van der Waals surface area contributed by atoms with Crippen molar-refractivity contribution in [3.05, 3.63) is 40.8 Å². The Morgan fingerprint density at radius 2 is 2.21 bits per heavy atom. The summed E-state index contributed by atoms with van der Waals surface area (Å²) >= 11 is 3.24. The fraction of sp³-hybridized carbons (Fsp3) is 0.0833. The molecule has 0 saturated carbocycles. The Hall–Kier alpha value is -2.15. The van der Waals surface area contributed by atoms with Gasteiger partial charge in [-0.2, -0.15) is 10.1 Å². The largest absolute Gasteiger partial charge is 0.455 e. The van der Waals surface area contributed by atoms with Gasteiger partial charge >= 0.3 is 0 Å². The second-order valence-corrected chi connectivity index (χ2v) is 4.89. The maximum Gasteiger partial charge on any atom is 0.243 e. The molecule has 0 amide bonds. The van der Waals surface area contributed by atoms with Crippen LogP contribution < -0.4 is 5.43 Å². The summed E-state index contributed by atoms with van der Waals surface area (Å²) in [7, 11) is 0. The van der Waals surface area contributed by atoms with Crippen molar-refractivity contribution in [3.8, 4) is 0 Å². The number of nitrogens with zero attached hydrogens (tertiary/aromatic N) is 4. The third kappa shape index (κ3) is 1.74. The third-order valence-corrected chi connectivity index (χ3v) is 3.28. The summed E-state index contributed by atoms with van der Waals surface area (Å²) in [6.07, 6.45) is 0. The highest BCUT2D eigenvalue weighted by Gasteiger charge is 2.19. The molecule has 0 spiro atoms. The molecule has 7 heteroatoms. The van der Waals surface area contributed by atoms with Gasteiger partial charge in [0.2, 0.25) is 10.7 Å². The number of hydrogen-bond donors (Lipinski definition) is 1. The van der Waals surface area contributed by atoms with Crippen molar-refractivity contribution in [2.75, 3.05) is 5.43 Å². The summed E-state index contributed by atoms with van der Waals surface area (Å²) < 4.78 is 8.06. The molecule has 3 aromatic rings. The van der Waals surface area contributed by atoms with E-state index in [-0.39, 0.29) is 0 Å². The van der Waals surface area contributed by atoms with Gasteiger partial charge in [0.05, 0.1) is 6.54 Å². The number of hydrogen-bond acceptors (Lipinski definition) is 5. The summed E-state index contributed by atoms with van der Waals surface area (Å²) in [5, 5.41) is 9.56. The van der Waals surface area contributed by atoms with Crippen LogP contribution in [0, 0.1) is 0 Å². The van der Waals surface area contributed by atoms with Crippen molar-refractivity contribution in [2.24, 2.45) is 5.10 Å². The van der Waals surface area contributed by atoms with Crippen LogP contribution in [0.4, 0.5) is 5.95 Å². The Balaban J connectivity index is 1.75. The Kier molecular flexibility index (Phi) is 2.22. The molecule has 1 aliphatic heterocycles. The fourth-order valence-electron chi connectivity index (χ4n) is 2.06. The highest BCUT2D eigenvalue weighted by molar-refractivity contribution is 9.10. The lowest BCUT2D eigenvalue weighted by atomic mass is 10.2. The molecule has 19 heavy (non-hydrogen) atoms. The van der Waals surface area contributed by atoms with E-state index in [0.29, 0.717) is 17.2 Å². The molecule has 6 nitrogen and oxygen atoms in total. The first-order valence-corrected chi connectivity index (χ1v) is 6.51. The van der Waals surface area contributed by atoms with Gasteiger partial charge in [0.1, 0.15) is 11.3 Å². The van der Waals surface area contributed by atoms with Crippen molar-refractivity contribution in [1.29, 1.82) is 0 Å². The zero-order valence-corrected chi connectivity index (χ0v) is 11.3. The van der Waals surface area contributed by atoms with E-state index in [9.17, 15) is 0 Å². The van der Waals surface area contributed by atoms with E-state index in [1.807, 2.05) is 30.3 Å². The van der Waals surface area contributed by atoms with Gasteiger partial charge in [-0.05, 0) is 28.1 Å². The van der Waals surface area contributed by atoms with Crippen LogP contribution in [-0.4, -0.2) is 20.5 Å². The standard InChI is InChI=1S/C12H8BrN5O/c13-11-14-12-16-15-8(6-18(12)17-11)10-5-7-3-1-2-4-9(7)19-10/h1-5H,6H2,(H,14,16,17). The first kappa shape index (κ1) is 10.7. The molecule has 0 bridgehead atoms. The Bertz CT molecular complexity index is 770. The lowest BCUT2D eigenvalue weighted by molar-refractivity contribution is 0.593. The first-order valence-electron chi connectivity index (χ1n) is 5.71. The molecular formula is C12H8BrN5O. The van der Waals surface area contributed by atoms with Crippen LogP contribution in [0.3, 0.4) is 0 Å². The molecular weight excluding hydrogens is 310 g/mol. The molecule has 1 aromatic carbocycles. The quantitative estimate of drug-likeness (QED) is 0.749. The number of anilines is 1. The monoisotopic (exact) mass is 317 g/mol. The van der Waals surface area contributed by atoms with Gasteiger partial charge < -0.3 is 4.42 Å². The maximum absolute atomic E-state index is 5.79. The molecule has 0 atom stereocenters. The average Bonchev–Trinajstić information content (AvgIpc) is 2.99. The normalized spacial score (nSPS) is 14.1. The van der Waals surface area contributed by atoms with Crippen LogP contribution in [0.1, 0.15) is 5.76 Å². The van der Waals surface area contributed by atoms with Gasteiger partial charge in [-0.3, -0.25) is 0 Å². The van der Waals surface area contributed by atoms with E-state index in [2.05, 4.69) is 36.5 Å². The molecule has 2 aromatic heterocycles. The molecule has 0 radical (unpaired) electrons. The topological polar surface area (TPSA) is 68.2 Å². The zero-order chi connectivity index (χ0) is 12.8. The minimum Gasteiger partial charge on any atom is -0.455 e. The van der Waals surface area contributed by atoms with E-state index in [1.54, 1.807) is 4.68 Å². The molecule has 94 valence electrons. The zero-order valence-electron chi connectivity index (χ0n) is 9.67. The number of rotatable bonds is 1. The van der Waals surface area contributed by atoms with Crippen LogP contribution in [-0.2, 0) is 6.54 Å². The van der Waals surface area contributed by atoms with Crippen LogP contribution in [0.2, 0.25) is 0 Å². The smallest absolute Gasteiger partial charge is 0.243 e. The lowest BCUT2D eigenvalue weighted by Crippen LogP contribution is -2.20. The maximum atomic E-state index is 5.79. The summed E-state index contributed by atoms with van der Waals surface area (Å²) in [5.74, 6) is 1.36. The molecule has 4 rings (SSSR count). The number of fused-ring (bicyclic) bond motifs is 2. The number of hydrazone groups is 1. The van der Waals surface area contributed by atoms with Gasteiger partial charge in [0.15, 0.2) is 5.76 Å². The summed E-state index contributed by atoms with van der Waals surface area (Å²) in [6.45, 7) is 0.529. The second kappa shape index (κ2) is 3.92. The van der Waals surface area contributed by atoms with Crippen LogP contribution >= 0.6 is 15.9 Å². The fourth-order valence-corrected chi connectivity index (χ4v) is 2.42. The highest BCUT2D eigenvalue weighted by atomic mass is 79.9. The minimum absolute atomic E-state index is 0.529. The predicted octanol–water partition coefficient (Wildman–Crippen LogP) is 2.62. The molecule has 3 heterocycles. The van der Waals surface area contributed by atoms with Crippen molar-refractivity contribution >= 4 is 38.6 Å². The molecule has 1 aliphatic rings. The van der Waals surface area contributed by atoms with Crippen molar-refractivity contribution in [2.45, 2.75) is 6.54 Å². The summed E-state index contributed by atoms with van der Waals surface area (Å²) in [4.78, 5) is 4.14. The van der Waals surface area contributed by atoms with Crippen LogP contribution in [0.5, 0.6) is 0 Å². The minimum atomic E-state index is 0.529. The molecule has 0 fully saturated rings. The first-order chi connectivity index (χ1) is 9.29. The number of benzene rings is 1. The Morgan fingerprint density at radius 1 is 1.32 bits per heavy atom. The number of halogens is 1. The van der Waals surface area contributed by atoms with Gasteiger partial charge in [-0.1, -0.05) is 18.2 Å². The van der Waals surface area contributed by atoms with Crippen molar-refractivity contribution < 1.29 is 4.42 Å². The van der Waals surface area contributed by atoms with E-state index >= 15 is 0 Å². The van der Waals surface area contributed by atoms with Crippen molar-refractivity contribution in [1.82, 2.24) is 14.8 Å². The summed E-state index contributed by atoms with van der Waals surface area (Å²) in [6, 6.07) is 9.86. The average molecular weight is 318 g/mol. The SMILES string of the molecule is Brc1nc2n(n1)CC(c1cc3ccccc3o1)=NN2. The van der Waals surface area contributed by atoms with Crippen LogP contribution in [0.15, 0.2) is 44.6 Å². The van der Waals surface area contributed by atoms with E-state index in [4.69, 9.17) is 4.42 Å². The number of aromatic nitrogens is 3. The second-order valence-electron chi connectivity index (χ2n) is 4.18. The van der Waals surface area contributed by atoms with Crippen LogP contribution in [0.25, 0.3) is 11.0 Å². The van der Waals surface area contributed by atoms with E-state index in [0.717, 1.165) is 22.4 Å². The predicted molar refractivity (Wildman–Crippen MR) is 74.1 cm³/mol. The van der Waals surface area contributed by atoms with E-state index in [1.165, 1.54) is 0 Å². The van der Waals surface area contributed by atoms with Gasteiger partial charge in [0, 0.05) is 5.39 Å². The lowest BCUT2D eigenvalue weighted by Gasteiger charge is -2.11. The summed E-state index contributed by atoms with van der Waals surface area (Å²) in [5.41, 5.74) is 4.51. The highest BCUT2D eigenvalue weighted by Crippen LogP contribution is 2.22. The van der Waals surface area contributed by atoms with Crippen molar-refractivity contribution in [3.63, 3.8) is 0 Å². The van der Waals surface area contributed by atoms with Gasteiger partial charge in [0.25, 0.3) is 0 Å². The molecule has 0 aliphatic carbocycles. The molecule has 1 N–H and O–H groups in total.